The molecule has 0 saturated carbocycles. The number of carbonyl (C=O) groups excluding carboxylic acids is 1. The first-order valence-electron chi connectivity index (χ1n) is 12.8. The normalized spacial score (nSPS) is 23.4. The summed E-state index contributed by atoms with van der Waals surface area (Å²) in [5.74, 6) is 0.619. The molecule has 3 rings (SSSR count). The molecule has 0 unspecified atom stereocenters. The number of imidazole rings is 1. The van der Waals surface area contributed by atoms with Gasteiger partial charge in [0.25, 0.3) is 0 Å². The zero-order valence-corrected chi connectivity index (χ0v) is 26.2. The monoisotopic (exact) mass is 551 g/mol. The van der Waals surface area contributed by atoms with Gasteiger partial charge in [0.1, 0.15) is 24.1 Å². The number of carbonyl (C=O) groups is 1. The summed E-state index contributed by atoms with van der Waals surface area (Å²) in [6.07, 6.45) is 1.55. The molecule has 0 aliphatic carbocycles. The van der Waals surface area contributed by atoms with Gasteiger partial charge in [0.05, 0.1) is 19.0 Å². The Hall–Kier alpha value is -2.07. The van der Waals surface area contributed by atoms with Crippen molar-refractivity contribution in [2.24, 2.45) is 5.73 Å². The van der Waals surface area contributed by atoms with E-state index in [2.05, 4.69) is 93.3 Å². The predicted octanol–water partition coefficient (Wildman–Crippen LogP) is 4.21. The topological polar surface area (TPSA) is 138 Å². The fourth-order valence-electron chi connectivity index (χ4n) is 3.81. The summed E-state index contributed by atoms with van der Waals surface area (Å²) in [4.78, 5) is 25.5. The second kappa shape index (κ2) is 10.2. The van der Waals surface area contributed by atoms with E-state index in [1.807, 2.05) is 4.57 Å². The Morgan fingerprint density at radius 1 is 1.08 bits per heavy atom. The Morgan fingerprint density at radius 3 is 2.24 bits per heavy atom. The first-order valence-corrected chi connectivity index (χ1v) is 18.6. The van der Waals surface area contributed by atoms with E-state index in [0.717, 1.165) is 0 Å². The number of aromatic nitrogens is 4. The van der Waals surface area contributed by atoms with Crippen LogP contribution in [0.3, 0.4) is 0 Å². The molecule has 3 heterocycles. The van der Waals surface area contributed by atoms with E-state index in [-0.39, 0.29) is 10.1 Å². The van der Waals surface area contributed by atoms with Gasteiger partial charge in [0, 0.05) is 7.05 Å². The fourth-order valence-corrected chi connectivity index (χ4v) is 6.12. The molecule has 0 aromatic carbocycles. The zero-order valence-electron chi connectivity index (χ0n) is 24.2. The van der Waals surface area contributed by atoms with E-state index in [0.29, 0.717) is 23.6 Å². The van der Waals surface area contributed by atoms with Crippen molar-refractivity contribution in [2.75, 3.05) is 19.0 Å². The quantitative estimate of drug-likeness (QED) is 0.415. The minimum Gasteiger partial charge on any atom is -0.414 e. The molecule has 37 heavy (non-hydrogen) atoms. The molecule has 13 heteroatoms. The van der Waals surface area contributed by atoms with Gasteiger partial charge in [0.2, 0.25) is 0 Å². The standard InChI is InChI=1S/C24H45N7O4Si2/c1-23(2,3)36(8,9)33-12-15-16(30-22(25)32)18(35-37(10,11)24(4,5)6)21(34-15)31-14-29-17-19(26-7)27-13-28-20(17)31/h13-16,18,21H,12H2,1-11H3,(H3,25,30,32)(H,26,27,28)/t15-,16-,18-,21-/m1/s1. The molecular formula is C24H45N7O4Si2. The molecular weight excluding hydrogens is 506 g/mol. The minimum absolute atomic E-state index is 0.0235. The van der Waals surface area contributed by atoms with Gasteiger partial charge in [-0.25, -0.2) is 19.7 Å². The van der Waals surface area contributed by atoms with Crippen LogP contribution in [0, 0.1) is 0 Å². The van der Waals surface area contributed by atoms with Gasteiger partial charge in [-0.05, 0) is 36.3 Å². The highest BCUT2D eigenvalue weighted by Gasteiger charge is 2.52. The molecule has 1 aliphatic rings. The lowest BCUT2D eigenvalue weighted by Crippen LogP contribution is -2.56. The largest absolute Gasteiger partial charge is 0.414 e. The van der Waals surface area contributed by atoms with Gasteiger partial charge >= 0.3 is 6.03 Å². The van der Waals surface area contributed by atoms with Crippen molar-refractivity contribution in [3.8, 4) is 0 Å². The molecule has 0 bridgehead atoms. The summed E-state index contributed by atoms with van der Waals surface area (Å²) >= 11 is 0. The lowest BCUT2D eigenvalue weighted by molar-refractivity contribution is -0.0446. The number of hydrogen-bond donors (Lipinski definition) is 3. The number of primary amides is 1. The van der Waals surface area contributed by atoms with Crippen LogP contribution in [0.1, 0.15) is 47.8 Å². The molecule has 4 atom stereocenters. The number of nitrogens with two attached hydrogens (primary N) is 1. The van der Waals surface area contributed by atoms with Crippen molar-refractivity contribution < 1.29 is 18.4 Å². The molecule has 1 saturated heterocycles. The maximum absolute atomic E-state index is 12.2. The number of urea groups is 1. The van der Waals surface area contributed by atoms with Crippen LogP contribution >= 0.6 is 0 Å². The van der Waals surface area contributed by atoms with Gasteiger partial charge in [-0.15, -0.1) is 0 Å². The summed E-state index contributed by atoms with van der Waals surface area (Å²) in [7, 11) is -2.60. The number of nitrogens with one attached hydrogen (secondary N) is 2. The van der Waals surface area contributed by atoms with Crippen molar-refractivity contribution in [3.63, 3.8) is 0 Å². The summed E-state index contributed by atoms with van der Waals surface area (Å²) in [6, 6.07) is -1.16. The highest BCUT2D eigenvalue weighted by atomic mass is 28.4. The van der Waals surface area contributed by atoms with Crippen LogP contribution in [-0.2, 0) is 13.6 Å². The average Bonchev–Trinajstić information content (AvgIpc) is 3.32. The third-order valence-electron chi connectivity index (χ3n) is 8.18. The van der Waals surface area contributed by atoms with Crippen molar-refractivity contribution in [1.29, 1.82) is 0 Å². The Kier molecular flexibility index (Phi) is 8.17. The fraction of sp³-hybridized carbons (Fsp3) is 0.750. The summed E-state index contributed by atoms with van der Waals surface area (Å²) in [5, 5.41) is 5.94. The summed E-state index contributed by atoms with van der Waals surface area (Å²) in [6.45, 7) is 22.2. The Bertz CT molecular complexity index is 1110. The minimum atomic E-state index is -2.30. The third kappa shape index (κ3) is 6.00. The van der Waals surface area contributed by atoms with Crippen LogP contribution in [0.2, 0.25) is 36.3 Å². The average molecular weight is 552 g/mol. The van der Waals surface area contributed by atoms with Crippen LogP contribution in [-0.4, -0.2) is 74.1 Å². The molecule has 4 N–H and O–H groups in total. The van der Waals surface area contributed by atoms with Gasteiger partial charge in [-0.3, -0.25) is 4.57 Å². The van der Waals surface area contributed by atoms with Crippen molar-refractivity contribution in [1.82, 2.24) is 24.8 Å². The summed E-state index contributed by atoms with van der Waals surface area (Å²) in [5.41, 5.74) is 6.89. The molecule has 11 nitrogen and oxygen atoms in total. The van der Waals surface area contributed by atoms with Crippen LogP contribution in [0.4, 0.5) is 10.6 Å². The van der Waals surface area contributed by atoms with Gasteiger partial charge in [-0.1, -0.05) is 41.5 Å². The molecule has 1 fully saturated rings. The SMILES string of the molecule is CNc1ncnc2c1ncn2[C@@H]1O[C@H](CO[Si](C)(C)C(C)(C)C)[C@@H](NC(N)=O)[C@H]1O[Si](C)(C)C(C)(C)C. The van der Waals surface area contributed by atoms with Gasteiger partial charge in [0.15, 0.2) is 34.3 Å². The number of anilines is 1. The number of hydrogen-bond acceptors (Lipinski definition) is 8. The molecule has 2 aromatic rings. The number of amides is 2. The third-order valence-corrected chi connectivity index (χ3v) is 17.2. The van der Waals surface area contributed by atoms with Crippen molar-refractivity contribution in [2.45, 2.75) is 102 Å². The molecule has 2 aromatic heterocycles. The maximum atomic E-state index is 12.2. The smallest absolute Gasteiger partial charge is 0.312 e. The van der Waals surface area contributed by atoms with E-state index < -0.39 is 47.1 Å². The van der Waals surface area contributed by atoms with E-state index in [4.69, 9.17) is 19.3 Å². The van der Waals surface area contributed by atoms with Crippen LogP contribution in [0.5, 0.6) is 0 Å². The Morgan fingerprint density at radius 2 is 1.70 bits per heavy atom. The van der Waals surface area contributed by atoms with Crippen LogP contribution in [0.15, 0.2) is 12.7 Å². The molecule has 0 spiro atoms. The lowest BCUT2D eigenvalue weighted by Gasteiger charge is -2.41. The molecule has 2 amide bonds. The van der Waals surface area contributed by atoms with Crippen LogP contribution in [0.25, 0.3) is 11.2 Å². The van der Waals surface area contributed by atoms with Gasteiger partial charge < -0.3 is 30.0 Å². The van der Waals surface area contributed by atoms with E-state index in [9.17, 15) is 4.79 Å². The number of ether oxygens (including phenoxy) is 1. The van der Waals surface area contributed by atoms with Gasteiger partial charge in [-0.2, -0.15) is 0 Å². The first-order chi connectivity index (χ1) is 16.9. The Balaban J connectivity index is 2.07. The van der Waals surface area contributed by atoms with Crippen LogP contribution < -0.4 is 16.4 Å². The zero-order chi connectivity index (χ0) is 28.0. The second-order valence-corrected chi connectivity index (χ2v) is 22.4. The summed E-state index contributed by atoms with van der Waals surface area (Å²) < 4.78 is 22.0. The Labute approximate surface area is 222 Å². The molecule has 1 aliphatic heterocycles. The second-order valence-electron chi connectivity index (χ2n) is 12.8. The maximum Gasteiger partial charge on any atom is 0.312 e. The first kappa shape index (κ1) is 29.5. The number of rotatable bonds is 8. The van der Waals surface area contributed by atoms with E-state index in [1.165, 1.54) is 6.33 Å². The van der Waals surface area contributed by atoms with Crippen molar-refractivity contribution in [3.05, 3.63) is 12.7 Å². The highest BCUT2D eigenvalue weighted by Crippen LogP contribution is 2.43. The molecule has 208 valence electrons. The lowest BCUT2D eigenvalue weighted by atomic mass is 10.1. The molecule has 0 radical (unpaired) electrons. The number of fused-ring (bicyclic) bond motifs is 1. The highest BCUT2D eigenvalue weighted by molar-refractivity contribution is 6.74. The van der Waals surface area contributed by atoms with E-state index >= 15 is 0 Å². The number of nitrogens with zero attached hydrogens (tertiary/aromatic N) is 4. The predicted molar refractivity (Wildman–Crippen MR) is 151 cm³/mol. The van der Waals surface area contributed by atoms with Crippen molar-refractivity contribution >= 4 is 39.6 Å². The van der Waals surface area contributed by atoms with E-state index in [1.54, 1.807) is 13.4 Å².